The molecule has 1 aliphatic heterocycles. The molecule has 0 aromatic heterocycles. The Balaban J connectivity index is 2.44. The summed E-state index contributed by atoms with van der Waals surface area (Å²) in [6, 6.07) is 0.581. The van der Waals surface area contributed by atoms with Gasteiger partial charge in [-0.1, -0.05) is 0 Å². The summed E-state index contributed by atoms with van der Waals surface area (Å²) >= 11 is 0. The molecule has 5 nitrogen and oxygen atoms in total. The first-order valence-corrected chi connectivity index (χ1v) is 7.38. The minimum Gasteiger partial charge on any atom is -0.314 e. The van der Waals surface area contributed by atoms with Crippen molar-refractivity contribution in [2.24, 2.45) is 5.73 Å². The van der Waals surface area contributed by atoms with Crippen LogP contribution in [0.3, 0.4) is 0 Å². The third-order valence-electron chi connectivity index (χ3n) is 3.08. The lowest BCUT2D eigenvalue weighted by atomic mass is 10.1. The minimum absolute atomic E-state index is 0.0472. The maximum Gasteiger partial charge on any atom is 0.227 e. The molecule has 0 aromatic carbocycles. The second-order valence-electron chi connectivity index (χ2n) is 4.77. The summed E-state index contributed by atoms with van der Waals surface area (Å²) in [7, 11) is -3.33. The number of nitrogens with one attached hydrogen (secondary N) is 1. The molecule has 0 aromatic rings. The number of sulfonamides is 1. The summed E-state index contributed by atoms with van der Waals surface area (Å²) in [6.45, 7) is 7.71. The molecule has 1 saturated heterocycles. The van der Waals surface area contributed by atoms with Crippen molar-refractivity contribution in [2.75, 3.05) is 13.1 Å². The van der Waals surface area contributed by atoms with E-state index in [1.54, 1.807) is 0 Å². The fourth-order valence-corrected chi connectivity index (χ4v) is 2.79. The molecule has 0 saturated carbocycles. The highest BCUT2D eigenvalue weighted by atomic mass is 32.2. The van der Waals surface area contributed by atoms with E-state index in [0.29, 0.717) is 6.04 Å². The Hall–Kier alpha value is -0.170. The quantitative estimate of drug-likeness (QED) is 0.740. The summed E-state index contributed by atoms with van der Waals surface area (Å²) in [4.78, 5) is 2.36. The van der Waals surface area contributed by atoms with Crippen LogP contribution < -0.4 is 10.5 Å². The number of nitrogens with two attached hydrogens (primary N) is 1. The molecule has 0 spiro atoms. The highest BCUT2D eigenvalue weighted by Gasteiger charge is 2.26. The minimum atomic E-state index is -3.33. The first-order valence-electron chi connectivity index (χ1n) is 5.83. The van der Waals surface area contributed by atoms with Crippen LogP contribution in [0.15, 0.2) is 0 Å². The van der Waals surface area contributed by atoms with Crippen molar-refractivity contribution in [1.29, 1.82) is 0 Å². The lowest BCUT2D eigenvalue weighted by molar-refractivity contribution is 0.168. The Morgan fingerprint density at radius 3 is 2.12 bits per heavy atom. The molecule has 1 heterocycles. The largest absolute Gasteiger partial charge is 0.314 e. The van der Waals surface area contributed by atoms with Gasteiger partial charge in [-0.3, -0.25) is 0 Å². The Kier molecular flexibility index (Phi) is 4.73. The molecule has 0 aliphatic carbocycles. The van der Waals surface area contributed by atoms with Gasteiger partial charge in [0.15, 0.2) is 0 Å². The van der Waals surface area contributed by atoms with Crippen molar-refractivity contribution in [1.82, 2.24) is 9.62 Å². The molecule has 1 unspecified atom stereocenters. The Morgan fingerprint density at radius 1 is 1.25 bits per heavy atom. The van der Waals surface area contributed by atoms with E-state index in [0.717, 1.165) is 25.9 Å². The SMILES string of the molecule is CC(C)N1CCC(NS(=O)(=O)C(C)N)CC1. The maximum absolute atomic E-state index is 11.6. The fourth-order valence-electron chi connectivity index (χ4n) is 1.87. The first kappa shape index (κ1) is 13.9. The summed E-state index contributed by atoms with van der Waals surface area (Å²) in [5.41, 5.74) is 5.40. The zero-order chi connectivity index (χ0) is 12.3. The molecular weight excluding hydrogens is 226 g/mol. The Bertz CT molecular complexity index is 306. The van der Waals surface area contributed by atoms with E-state index < -0.39 is 15.4 Å². The molecule has 1 aliphatic rings. The molecule has 3 N–H and O–H groups in total. The average Bonchev–Trinajstić information content (AvgIpc) is 2.17. The van der Waals surface area contributed by atoms with Gasteiger partial charge in [-0.25, -0.2) is 13.1 Å². The van der Waals surface area contributed by atoms with Crippen LogP contribution in [0.1, 0.15) is 33.6 Å². The molecule has 0 bridgehead atoms. The molecule has 16 heavy (non-hydrogen) atoms. The van der Waals surface area contributed by atoms with E-state index in [1.165, 1.54) is 6.92 Å². The number of piperidine rings is 1. The van der Waals surface area contributed by atoms with Crippen LogP contribution in [0, 0.1) is 0 Å². The summed E-state index contributed by atoms with van der Waals surface area (Å²) in [6.07, 6.45) is 1.73. The van der Waals surface area contributed by atoms with E-state index in [2.05, 4.69) is 23.5 Å². The zero-order valence-electron chi connectivity index (χ0n) is 10.3. The van der Waals surface area contributed by atoms with Crippen LogP contribution in [0.5, 0.6) is 0 Å². The van der Waals surface area contributed by atoms with Gasteiger partial charge in [0.05, 0.1) is 0 Å². The van der Waals surface area contributed by atoms with Crippen molar-refractivity contribution < 1.29 is 8.42 Å². The van der Waals surface area contributed by atoms with E-state index in [4.69, 9.17) is 5.73 Å². The molecular formula is C10H23N3O2S. The topological polar surface area (TPSA) is 75.4 Å². The van der Waals surface area contributed by atoms with Crippen LogP contribution in [0.4, 0.5) is 0 Å². The number of nitrogens with zero attached hydrogens (tertiary/aromatic N) is 1. The van der Waals surface area contributed by atoms with Crippen LogP contribution in [-0.2, 0) is 10.0 Å². The zero-order valence-corrected chi connectivity index (χ0v) is 11.1. The van der Waals surface area contributed by atoms with Crippen LogP contribution in [0.2, 0.25) is 0 Å². The van der Waals surface area contributed by atoms with E-state index >= 15 is 0 Å². The molecule has 6 heteroatoms. The van der Waals surface area contributed by atoms with Crippen molar-refractivity contribution in [2.45, 2.75) is 51.1 Å². The summed E-state index contributed by atoms with van der Waals surface area (Å²) in [5.74, 6) is 0. The summed E-state index contributed by atoms with van der Waals surface area (Å²) < 4.78 is 25.8. The van der Waals surface area contributed by atoms with Crippen LogP contribution in [0.25, 0.3) is 0 Å². The number of rotatable bonds is 4. The van der Waals surface area contributed by atoms with Gasteiger partial charge in [0.1, 0.15) is 5.37 Å². The van der Waals surface area contributed by atoms with E-state index in [9.17, 15) is 8.42 Å². The molecule has 1 atom stereocenters. The molecule has 0 radical (unpaired) electrons. The van der Waals surface area contributed by atoms with Gasteiger partial charge in [0.25, 0.3) is 0 Å². The normalized spacial score (nSPS) is 22.6. The van der Waals surface area contributed by atoms with Gasteiger partial charge in [0, 0.05) is 12.1 Å². The molecule has 1 rings (SSSR count). The van der Waals surface area contributed by atoms with E-state index in [1.807, 2.05) is 0 Å². The standard InChI is InChI=1S/C10H23N3O2S/c1-8(2)13-6-4-10(5-7-13)12-16(14,15)9(3)11/h8-10,12H,4-7,11H2,1-3H3. The van der Waals surface area contributed by atoms with Crippen molar-refractivity contribution in [3.63, 3.8) is 0 Å². The van der Waals surface area contributed by atoms with Gasteiger partial charge in [-0.15, -0.1) is 0 Å². The number of likely N-dealkylation sites (tertiary alicyclic amines) is 1. The Morgan fingerprint density at radius 2 is 1.75 bits per heavy atom. The second kappa shape index (κ2) is 5.44. The van der Waals surface area contributed by atoms with Crippen molar-refractivity contribution in [3.05, 3.63) is 0 Å². The van der Waals surface area contributed by atoms with E-state index in [-0.39, 0.29) is 6.04 Å². The van der Waals surface area contributed by atoms with Gasteiger partial charge >= 0.3 is 0 Å². The maximum atomic E-state index is 11.6. The van der Waals surface area contributed by atoms with Crippen molar-refractivity contribution in [3.8, 4) is 0 Å². The lowest BCUT2D eigenvalue weighted by Gasteiger charge is -2.34. The van der Waals surface area contributed by atoms with Crippen molar-refractivity contribution >= 4 is 10.0 Å². The van der Waals surface area contributed by atoms with Gasteiger partial charge in [-0.2, -0.15) is 0 Å². The Labute approximate surface area is 98.4 Å². The first-order chi connectivity index (χ1) is 7.33. The number of hydrogen-bond acceptors (Lipinski definition) is 4. The molecule has 96 valence electrons. The van der Waals surface area contributed by atoms with Gasteiger partial charge in [-0.05, 0) is 46.7 Å². The number of hydrogen-bond donors (Lipinski definition) is 2. The lowest BCUT2D eigenvalue weighted by Crippen LogP contribution is -2.49. The summed E-state index contributed by atoms with van der Waals surface area (Å²) in [5, 5.41) is -0.837. The average molecular weight is 249 g/mol. The fraction of sp³-hybridized carbons (Fsp3) is 1.00. The van der Waals surface area contributed by atoms with Crippen LogP contribution >= 0.6 is 0 Å². The third-order valence-corrected chi connectivity index (χ3v) is 4.72. The molecule has 0 amide bonds. The molecule has 1 fully saturated rings. The van der Waals surface area contributed by atoms with Gasteiger partial charge < -0.3 is 10.6 Å². The second-order valence-corrected chi connectivity index (χ2v) is 6.84. The monoisotopic (exact) mass is 249 g/mol. The predicted molar refractivity (Wildman–Crippen MR) is 65.4 cm³/mol. The smallest absolute Gasteiger partial charge is 0.227 e. The third kappa shape index (κ3) is 3.69. The predicted octanol–water partition coefficient (Wildman–Crippen LogP) is 0.0833. The highest BCUT2D eigenvalue weighted by Crippen LogP contribution is 2.14. The van der Waals surface area contributed by atoms with Crippen LogP contribution in [-0.4, -0.2) is 43.9 Å². The van der Waals surface area contributed by atoms with Gasteiger partial charge in [0.2, 0.25) is 10.0 Å². The highest BCUT2D eigenvalue weighted by molar-refractivity contribution is 7.90.